The van der Waals surface area contributed by atoms with Crippen LogP contribution in [0.5, 0.6) is 0 Å². The van der Waals surface area contributed by atoms with Gasteiger partial charge in [0, 0.05) is 12.2 Å². The van der Waals surface area contributed by atoms with Gasteiger partial charge in [-0.15, -0.1) is 0 Å². The van der Waals surface area contributed by atoms with Crippen LogP contribution in [-0.2, 0) is 0 Å². The summed E-state index contributed by atoms with van der Waals surface area (Å²) in [6.45, 7) is 2.04. The van der Waals surface area contributed by atoms with Gasteiger partial charge in [0.1, 0.15) is 0 Å². The maximum atomic E-state index is 5.74. The van der Waals surface area contributed by atoms with E-state index in [0.717, 1.165) is 40.5 Å². The van der Waals surface area contributed by atoms with Gasteiger partial charge in [0.2, 0.25) is 0 Å². The molecule has 0 aliphatic carbocycles. The monoisotopic (exact) mass is 250 g/mol. The molecule has 5 heteroatoms. The summed E-state index contributed by atoms with van der Waals surface area (Å²) in [6, 6.07) is 5.82. The first-order valence-electron chi connectivity index (χ1n) is 5.70. The molecule has 0 radical (unpaired) electrons. The van der Waals surface area contributed by atoms with Crippen molar-refractivity contribution in [1.82, 2.24) is 9.88 Å². The molecule has 0 bridgehead atoms. The van der Waals surface area contributed by atoms with E-state index in [2.05, 4.69) is 29.3 Å². The number of nitrogens with zero attached hydrogens (tertiary/aromatic N) is 2. The summed E-state index contributed by atoms with van der Waals surface area (Å²) in [5.41, 5.74) is 7.55. The van der Waals surface area contributed by atoms with Crippen molar-refractivity contribution in [2.24, 2.45) is 0 Å². The number of nitrogens with two attached hydrogens (primary N) is 1. The molecular formula is C12H18N4S. The van der Waals surface area contributed by atoms with Gasteiger partial charge in [-0.05, 0) is 45.3 Å². The fourth-order valence-electron chi connectivity index (χ4n) is 1.61. The minimum absolute atomic E-state index is 0.792. The summed E-state index contributed by atoms with van der Waals surface area (Å²) in [7, 11) is 4.17. The molecule has 1 aromatic carbocycles. The van der Waals surface area contributed by atoms with E-state index in [4.69, 9.17) is 5.73 Å². The van der Waals surface area contributed by atoms with Crippen LogP contribution >= 0.6 is 11.3 Å². The SMILES string of the molecule is CN(C)CCCNc1nc2ccc(N)cc2s1. The molecule has 0 atom stereocenters. The Hall–Kier alpha value is -1.33. The zero-order chi connectivity index (χ0) is 12.3. The summed E-state index contributed by atoms with van der Waals surface area (Å²) in [5.74, 6) is 0. The number of nitrogen functional groups attached to an aromatic ring is 1. The second-order valence-corrected chi connectivity index (χ2v) is 5.36. The van der Waals surface area contributed by atoms with Gasteiger partial charge in [0.15, 0.2) is 5.13 Å². The van der Waals surface area contributed by atoms with E-state index >= 15 is 0 Å². The number of rotatable bonds is 5. The third-order valence-corrected chi connectivity index (χ3v) is 3.45. The van der Waals surface area contributed by atoms with Crippen LogP contribution < -0.4 is 11.1 Å². The van der Waals surface area contributed by atoms with Gasteiger partial charge in [-0.1, -0.05) is 11.3 Å². The Balaban J connectivity index is 1.95. The fourth-order valence-corrected chi connectivity index (χ4v) is 2.55. The average Bonchev–Trinajstić information content (AvgIpc) is 2.66. The highest BCUT2D eigenvalue weighted by molar-refractivity contribution is 7.22. The highest BCUT2D eigenvalue weighted by atomic mass is 32.1. The van der Waals surface area contributed by atoms with Gasteiger partial charge >= 0.3 is 0 Å². The van der Waals surface area contributed by atoms with Gasteiger partial charge < -0.3 is 16.0 Å². The Labute approximate surface area is 105 Å². The summed E-state index contributed by atoms with van der Waals surface area (Å²) in [5, 5.41) is 4.33. The van der Waals surface area contributed by atoms with Crippen LogP contribution in [0.25, 0.3) is 10.2 Å². The van der Waals surface area contributed by atoms with Gasteiger partial charge in [-0.3, -0.25) is 0 Å². The average molecular weight is 250 g/mol. The minimum atomic E-state index is 0.792. The molecule has 1 heterocycles. The number of aromatic nitrogens is 1. The van der Waals surface area contributed by atoms with E-state index in [1.165, 1.54) is 0 Å². The lowest BCUT2D eigenvalue weighted by Gasteiger charge is -2.08. The van der Waals surface area contributed by atoms with Crippen molar-refractivity contribution in [2.75, 3.05) is 38.2 Å². The molecule has 0 unspecified atom stereocenters. The van der Waals surface area contributed by atoms with Gasteiger partial charge in [0.05, 0.1) is 10.2 Å². The molecule has 0 aliphatic heterocycles. The Morgan fingerprint density at radius 1 is 1.41 bits per heavy atom. The number of anilines is 2. The smallest absolute Gasteiger partial charge is 0.183 e. The van der Waals surface area contributed by atoms with Crippen molar-refractivity contribution in [3.8, 4) is 0 Å². The van der Waals surface area contributed by atoms with Gasteiger partial charge in [-0.25, -0.2) is 4.98 Å². The second-order valence-electron chi connectivity index (χ2n) is 4.33. The molecule has 4 nitrogen and oxygen atoms in total. The summed E-state index contributed by atoms with van der Waals surface area (Å²) in [4.78, 5) is 6.69. The molecule has 1 aromatic heterocycles. The van der Waals surface area contributed by atoms with Crippen molar-refractivity contribution >= 4 is 32.4 Å². The lowest BCUT2D eigenvalue weighted by molar-refractivity contribution is 0.405. The predicted octanol–water partition coefficient (Wildman–Crippen LogP) is 2.24. The van der Waals surface area contributed by atoms with Crippen molar-refractivity contribution in [3.63, 3.8) is 0 Å². The lowest BCUT2D eigenvalue weighted by Crippen LogP contribution is -2.16. The van der Waals surface area contributed by atoms with E-state index in [1.54, 1.807) is 11.3 Å². The fraction of sp³-hybridized carbons (Fsp3) is 0.417. The van der Waals surface area contributed by atoms with Crippen molar-refractivity contribution < 1.29 is 0 Å². The van der Waals surface area contributed by atoms with Crippen molar-refractivity contribution in [1.29, 1.82) is 0 Å². The predicted molar refractivity (Wildman–Crippen MR) is 75.7 cm³/mol. The largest absolute Gasteiger partial charge is 0.399 e. The topological polar surface area (TPSA) is 54.2 Å². The minimum Gasteiger partial charge on any atom is -0.399 e. The van der Waals surface area contributed by atoms with E-state index in [0.29, 0.717) is 0 Å². The third-order valence-electron chi connectivity index (χ3n) is 2.47. The molecule has 0 amide bonds. The van der Waals surface area contributed by atoms with E-state index in [9.17, 15) is 0 Å². The van der Waals surface area contributed by atoms with Crippen molar-refractivity contribution in [3.05, 3.63) is 18.2 Å². The van der Waals surface area contributed by atoms with Crippen molar-refractivity contribution in [2.45, 2.75) is 6.42 Å². The molecule has 0 fully saturated rings. The van der Waals surface area contributed by atoms with Crippen LogP contribution in [0.3, 0.4) is 0 Å². The molecule has 92 valence electrons. The Morgan fingerprint density at radius 3 is 3.00 bits per heavy atom. The third kappa shape index (κ3) is 3.31. The standard InChI is InChI=1S/C12H18N4S/c1-16(2)7-3-6-14-12-15-10-5-4-9(13)8-11(10)17-12/h4-5,8H,3,6-7,13H2,1-2H3,(H,14,15). The highest BCUT2D eigenvalue weighted by Crippen LogP contribution is 2.27. The zero-order valence-corrected chi connectivity index (χ0v) is 11.0. The van der Waals surface area contributed by atoms with Crippen LogP contribution in [-0.4, -0.2) is 37.1 Å². The van der Waals surface area contributed by atoms with E-state index in [1.807, 2.05) is 18.2 Å². The number of hydrogen-bond acceptors (Lipinski definition) is 5. The van der Waals surface area contributed by atoms with Crippen LogP contribution in [0.4, 0.5) is 10.8 Å². The summed E-state index contributed by atoms with van der Waals surface area (Å²) >= 11 is 1.65. The first-order valence-corrected chi connectivity index (χ1v) is 6.51. The summed E-state index contributed by atoms with van der Waals surface area (Å²) in [6.07, 6.45) is 1.12. The second kappa shape index (κ2) is 5.33. The molecule has 0 aliphatic rings. The first kappa shape index (κ1) is 12.1. The first-order chi connectivity index (χ1) is 8.15. The molecule has 17 heavy (non-hydrogen) atoms. The van der Waals surface area contributed by atoms with E-state index in [-0.39, 0.29) is 0 Å². The molecular weight excluding hydrogens is 232 g/mol. The Kier molecular flexibility index (Phi) is 3.81. The molecule has 0 spiro atoms. The number of thiazole rings is 1. The Morgan fingerprint density at radius 2 is 2.24 bits per heavy atom. The number of nitrogens with one attached hydrogen (secondary N) is 1. The number of hydrogen-bond donors (Lipinski definition) is 2. The highest BCUT2D eigenvalue weighted by Gasteiger charge is 2.03. The zero-order valence-electron chi connectivity index (χ0n) is 10.2. The van der Waals surface area contributed by atoms with E-state index < -0.39 is 0 Å². The molecule has 2 aromatic rings. The van der Waals surface area contributed by atoms with Crippen LogP contribution in [0.2, 0.25) is 0 Å². The molecule has 0 saturated heterocycles. The van der Waals surface area contributed by atoms with Crippen LogP contribution in [0, 0.1) is 0 Å². The molecule has 2 rings (SSSR count). The maximum absolute atomic E-state index is 5.74. The normalized spacial score (nSPS) is 11.2. The molecule has 3 N–H and O–H groups in total. The van der Waals surface area contributed by atoms with Gasteiger partial charge in [0.25, 0.3) is 0 Å². The van der Waals surface area contributed by atoms with Crippen LogP contribution in [0.15, 0.2) is 18.2 Å². The number of fused-ring (bicyclic) bond motifs is 1. The van der Waals surface area contributed by atoms with Crippen LogP contribution in [0.1, 0.15) is 6.42 Å². The number of benzene rings is 1. The summed E-state index contributed by atoms with van der Waals surface area (Å²) < 4.78 is 1.14. The van der Waals surface area contributed by atoms with Gasteiger partial charge in [-0.2, -0.15) is 0 Å². The lowest BCUT2D eigenvalue weighted by atomic mass is 10.3. The quantitative estimate of drug-likeness (QED) is 0.631. The Bertz CT molecular complexity index is 492. The molecule has 0 saturated carbocycles. The maximum Gasteiger partial charge on any atom is 0.183 e.